The molecular weight excluding hydrogens is 338 g/mol. The van der Waals surface area contributed by atoms with Crippen molar-refractivity contribution in [2.75, 3.05) is 0 Å². The number of hydrogen-bond acceptors (Lipinski definition) is 5. The van der Waals surface area contributed by atoms with Crippen LogP contribution in [0.15, 0.2) is 11.1 Å². The van der Waals surface area contributed by atoms with Gasteiger partial charge in [-0.25, -0.2) is 4.98 Å². The van der Waals surface area contributed by atoms with Gasteiger partial charge >= 0.3 is 0 Å². The van der Waals surface area contributed by atoms with Gasteiger partial charge < -0.3 is 10.3 Å². The molecule has 1 unspecified atom stereocenters. The molecule has 130 valence electrons. The van der Waals surface area contributed by atoms with Crippen LogP contribution in [-0.2, 0) is 13.5 Å². The van der Waals surface area contributed by atoms with Crippen molar-refractivity contribution in [3.63, 3.8) is 0 Å². The van der Waals surface area contributed by atoms with Crippen LogP contribution in [0.5, 0.6) is 0 Å². The number of carbonyl (C=O) groups excluding carboxylic acids is 1. The van der Waals surface area contributed by atoms with E-state index in [0.717, 1.165) is 30.5 Å². The third-order valence-electron chi connectivity index (χ3n) is 4.89. The number of rotatable bonds is 2. The first-order valence-corrected chi connectivity index (χ1v) is 9.09. The molecule has 8 heteroatoms. The fourth-order valence-electron chi connectivity index (χ4n) is 3.75. The number of aromatic amines is 1. The van der Waals surface area contributed by atoms with E-state index in [0.29, 0.717) is 20.7 Å². The van der Waals surface area contributed by atoms with Crippen LogP contribution in [0.2, 0.25) is 0 Å². The second-order valence-corrected chi connectivity index (χ2v) is 7.45. The van der Waals surface area contributed by atoms with E-state index in [-0.39, 0.29) is 17.5 Å². The first-order valence-electron chi connectivity index (χ1n) is 8.27. The Morgan fingerprint density at radius 2 is 2.24 bits per heavy atom. The van der Waals surface area contributed by atoms with Crippen LogP contribution in [0.1, 0.15) is 51.1 Å². The van der Waals surface area contributed by atoms with Crippen LogP contribution in [-0.4, -0.2) is 25.7 Å². The smallest absolute Gasteiger partial charge is 0.262 e. The third-order valence-corrected chi connectivity index (χ3v) is 6.09. The number of thiophene rings is 1. The van der Waals surface area contributed by atoms with Crippen LogP contribution in [0.3, 0.4) is 0 Å². The Morgan fingerprint density at radius 1 is 1.44 bits per heavy atom. The monoisotopic (exact) mass is 357 g/mol. The zero-order valence-corrected chi connectivity index (χ0v) is 15.2. The predicted molar refractivity (Wildman–Crippen MR) is 96.1 cm³/mol. The van der Waals surface area contributed by atoms with E-state index in [1.807, 2.05) is 18.7 Å². The van der Waals surface area contributed by atoms with Crippen LogP contribution in [0.4, 0.5) is 0 Å². The number of aryl methyl sites for hydroxylation is 3. The minimum atomic E-state index is -0.208. The minimum Gasteiger partial charge on any atom is -0.344 e. The molecule has 0 radical (unpaired) electrons. The Labute approximate surface area is 148 Å². The summed E-state index contributed by atoms with van der Waals surface area (Å²) in [5, 5.41) is 8.14. The normalized spacial score (nSPS) is 16.8. The molecule has 4 rings (SSSR count). The molecule has 1 aliphatic rings. The summed E-state index contributed by atoms with van der Waals surface area (Å²) < 4.78 is 1.91. The number of carbonyl (C=O) groups is 1. The van der Waals surface area contributed by atoms with Crippen LogP contribution in [0.25, 0.3) is 10.2 Å². The van der Waals surface area contributed by atoms with Crippen LogP contribution >= 0.6 is 11.3 Å². The highest BCUT2D eigenvalue weighted by Gasteiger charge is 2.29. The van der Waals surface area contributed by atoms with Crippen molar-refractivity contribution in [3.8, 4) is 0 Å². The van der Waals surface area contributed by atoms with Gasteiger partial charge in [-0.1, -0.05) is 0 Å². The SMILES string of the molecule is Cc1nn(C)c2c1C(NC(=O)c1sc3nc[nH]c(=O)c3c1C)CCC2. The van der Waals surface area contributed by atoms with E-state index in [4.69, 9.17) is 0 Å². The van der Waals surface area contributed by atoms with Gasteiger partial charge in [0, 0.05) is 18.3 Å². The number of fused-ring (bicyclic) bond motifs is 2. The molecule has 1 amide bonds. The summed E-state index contributed by atoms with van der Waals surface area (Å²) in [6.45, 7) is 3.78. The zero-order valence-electron chi connectivity index (χ0n) is 14.3. The minimum absolute atomic E-state index is 0.0409. The van der Waals surface area contributed by atoms with Gasteiger partial charge in [0.2, 0.25) is 0 Å². The first-order chi connectivity index (χ1) is 12.0. The van der Waals surface area contributed by atoms with Crippen molar-refractivity contribution in [1.29, 1.82) is 0 Å². The zero-order chi connectivity index (χ0) is 17.7. The Hall–Kier alpha value is -2.48. The van der Waals surface area contributed by atoms with Gasteiger partial charge in [0.15, 0.2) is 0 Å². The Morgan fingerprint density at radius 3 is 3.00 bits per heavy atom. The lowest BCUT2D eigenvalue weighted by Crippen LogP contribution is -2.31. The molecule has 3 heterocycles. The lowest BCUT2D eigenvalue weighted by Gasteiger charge is -2.24. The molecule has 0 spiro atoms. The number of nitrogens with one attached hydrogen (secondary N) is 2. The summed E-state index contributed by atoms with van der Waals surface area (Å²) in [7, 11) is 1.95. The van der Waals surface area contributed by atoms with Crippen LogP contribution in [0, 0.1) is 13.8 Å². The van der Waals surface area contributed by atoms with Crippen molar-refractivity contribution >= 4 is 27.5 Å². The largest absolute Gasteiger partial charge is 0.344 e. The van der Waals surface area contributed by atoms with Gasteiger partial charge in [0.1, 0.15) is 4.83 Å². The highest BCUT2D eigenvalue weighted by molar-refractivity contribution is 7.20. The lowest BCUT2D eigenvalue weighted by atomic mass is 9.91. The van der Waals surface area contributed by atoms with Crippen LogP contribution < -0.4 is 10.9 Å². The molecule has 0 saturated heterocycles. The summed E-state index contributed by atoms with van der Waals surface area (Å²) in [5.41, 5.74) is 3.78. The highest BCUT2D eigenvalue weighted by atomic mass is 32.1. The molecule has 1 atom stereocenters. The van der Waals surface area contributed by atoms with Crippen molar-refractivity contribution in [1.82, 2.24) is 25.1 Å². The molecule has 0 aliphatic heterocycles. The molecule has 7 nitrogen and oxygen atoms in total. The Kier molecular flexibility index (Phi) is 3.72. The molecule has 0 bridgehead atoms. The molecule has 3 aromatic rings. The van der Waals surface area contributed by atoms with E-state index in [9.17, 15) is 9.59 Å². The molecule has 3 aromatic heterocycles. The van der Waals surface area contributed by atoms with Gasteiger partial charge in [0.05, 0.1) is 28.3 Å². The van der Waals surface area contributed by atoms with Crippen molar-refractivity contribution in [3.05, 3.63) is 44.1 Å². The number of amides is 1. The average Bonchev–Trinajstić information content (AvgIpc) is 3.07. The highest BCUT2D eigenvalue weighted by Crippen LogP contribution is 2.33. The average molecular weight is 357 g/mol. The van der Waals surface area contributed by atoms with Gasteiger partial charge in [-0.2, -0.15) is 5.10 Å². The van der Waals surface area contributed by atoms with E-state index < -0.39 is 0 Å². The topological polar surface area (TPSA) is 92.7 Å². The van der Waals surface area contributed by atoms with Gasteiger partial charge in [-0.15, -0.1) is 11.3 Å². The van der Waals surface area contributed by atoms with Gasteiger partial charge in [0.25, 0.3) is 11.5 Å². The standard InChI is InChI=1S/C17H19N5O2S/c1-8-12-15(23)18-7-19-17(12)25-14(8)16(24)20-10-5-4-6-11-13(10)9(2)21-22(11)3/h7,10H,4-6H2,1-3H3,(H,20,24)(H,18,19,23). The molecule has 0 aromatic carbocycles. The second-order valence-electron chi connectivity index (χ2n) is 6.46. The van der Waals surface area contributed by atoms with E-state index >= 15 is 0 Å². The molecular formula is C17H19N5O2S. The maximum absolute atomic E-state index is 12.9. The molecule has 1 aliphatic carbocycles. The number of H-pyrrole nitrogens is 1. The first kappa shape index (κ1) is 16.0. The summed E-state index contributed by atoms with van der Waals surface area (Å²) in [4.78, 5) is 32.8. The van der Waals surface area contributed by atoms with Gasteiger partial charge in [-0.3, -0.25) is 14.3 Å². The van der Waals surface area contributed by atoms with Gasteiger partial charge in [-0.05, 0) is 38.7 Å². The quantitative estimate of drug-likeness (QED) is 0.735. The number of aromatic nitrogens is 4. The second kappa shape index (κ2) is 5.80. The lowest BCUT2D eigenvalue weighted by molar-refractivity contribution is 0.0936. The summed E-state index contributed by atoms with van der Waals surface area (Å²) in [5.74, 6) is -0.152. The fraction of sp³-hybridized carbons (Fsp3) is 0.412. The number of hydrogen-bond donors (Lipinski definition) is 2. The maximum atomic E-state index is 12.9. The predicted octanol–water partition coefficient (Wildman–Crippen LogP) is 2.14. The molecule has 0 fully saturated rings. The van der Waals surface area contributed by atoms with E-state index in [1.54, 1.807) is 6.92 Å². The fourth-order valence-corrected chi connectivity index (χ4v) is 4.81. The molecule has 0 saturated carbocycles. The van der Waals surface area contributed by atoms with Crippen molar-refractivity contribution < 1.29 is 4.79 Å². The van der Waals surface area contributed by atoms with E-state index in [2.05, 4.69) is 20.4 Å². The molecule has 25 heavy (non-hydrogen) atoms. The maximum Gasteiger partial charge on any atom is 0.262 e. The summed E-state index contributed by atoms with van der Waals surface area (Å²) in [6, 6.07) is -0.0409. The molecule has 2 N–H and O–H groups in total. The summed E-state index contributed by atoms with van der Waals surface area (Å²) >= 11 is 1.26. The Balaban J connectivity index is 1.70. The Bertz CT molecular complexity index is 1050. The van der Waals surface area contributed by atoms with Crippen molar-refractivity contribution in [2.45, 2.75) is 39.2 Å². The summed E-state index contributed by atoms with van der Waals surface area (Å²) in [6.07, 6.45) is 4.27. The third kappa shape index (κ3) is 2.48. The number of nitrogens with zero attached hydrogens (tertiary/aromatic N) is 3. The van der Waals surface area contributed by atoms with E-state index in [1.165, 1.54) is 23.4 Å². The van der Waals surface area contributed by atoms with Crippen molar-refractivity contribution in [2.24, 2.45) is 7.05 Å².